The van der Waals surface area contributed by atoms with Crippen LogP contribution in [0, 0.1) is 0 Å². The molecule has 0 spiro atoms. The largest absolute Gasteiger partial charge is 0.356 e. The van der Waals surface area contributed by atoms with Crippen LogP contribution in [-0.4, -0.2) is 32.4 Å². The monoisotopic (exact) mass is 307 g/mol. The third-order valence-electron chi connectivity index (χ3n) is 2.16. The Labute approximate surface area is 115 Å². The fourth-order valence-electron chi connectivity index (χ4n) is 1.26. The normalized spacial score (nSPS) is 11.3. The molecule has 1 aromatic heterocycles. The third-order valence-corrected chi connectivity index (χ3v) is 3.88. The lowest BCUT2D eigenvalue weighted by Crippen LogP contribution is -2.31. The zero-order valence-corrected chi connectivity index (χ0v) is 11.8. The minimum atomic E-state index is -3.79. The fraction of sp³-hybridized carbons (Fsp3) is 0.400. The Balaban J connectivity index is 2.68. The van der Waals surface area contributed by atoms with Crippen molar-refractivity contribution in [2.24, 2.45) is 0 Å². The smallest absolute Gasteiger partial charge is 0.266 e. The SMILES string of the molecule is CCNC(=O)CCNS(=O)(=O)c1c[nH]c(=O)c(Cl)c1. The Morgan fingerprint density at radius 2 is 2.16 bits per heavy atom. The van der Waals surface area contributed by atoms with Crippen LogP contribution in [0.3, 0.4) is 0 Å². The molecule has 106 valence electrons. The van der Waals surface area contributed by atoms with E-state index in [1.807, 2.05) is 0 Å². The lowest BCUT2D eigenvalue weighted by atomic mass is 10.4. The van der Waals surface area contributed by atoms with Crippen LogP contribution in [0.4, 0.5) is 0 Å². The minimum absolute atomic E-state index is 0.0319. The summed E-state index contributed by atoms with van der Waals surface area (Å²) in [5.74, 6) is -0.246. The second kappa shape index (κ2) is 6.69. The predicted octanol–water partition coefficient (Wildman–Crippen LogP) is -0.167. The molecule has 3 N–H and O–H groups in total. The highest BCUT2D eigenvalue weighted by Crippen LogP contribution is 2.09. The average molecular weight is 308 g/mol. The van der Waals surface area contributed by atoms with Crippen molar-refractivity contribution >= 4 is 27.5 Å². The van der Waals surface area contributed by atoms with Gasteiger partial charge in [0.25, 0.3) is 5.56 Å². The number of aromatic nitrogens is 1. The van der Waals surface area contributed by atoms with Gasteiger partial charge in [0.15, 0.2) is 0 Å². The van der Waals surface area contributed by atoms with Gasteiger partial charge in [0.2, 0.25) is 15.9 Å². The van der Waals surface area contributed by atoms with Crippen molar-refractivity contribution in [2.45, 2.75) is 18.2 Å². The van der Waals surface area contributed by atoms with Gasteiger partial charge in [-0.25, -0.2) is 13.1 Å². The van der Waals surface area contributed by atoms with E-state index in [0.29, 0.717) is 6.54 Å². The van der Waals surface area contributed by atoms with Crippen molar-refractivity contribution in [3.05, 3.63) is 27.6 Å². The molecule has 0 fully saturated rings. The molecule has 0 atom stereocenters. The van der Waals surface area contributed by atoms with Crippen LogP contribution in [0.2, 0.25) is 5.02 Å². The summed E-state index contributed by atoms with van der Waals surface area (Å²) in [6, 6.07) is 1.05. The molecule has 7 nitrogen and oxygen atoms in total. The molecule has 1 aromatic rings. The van der Waals surface area contributed by atoms with Crippen LogP contribution in [0.15, 0.2) is 22.0 Å². The summed E-state index contributed by atoms with van der Waals surface area (Å²) >= 11 is 5.55. The summed E-state index contributed by atoms with van der Waals surface area (Å²) in [6.07, 6.45) is 1.08. The number of halogens is 1. The zero-order valence-electron chi connectivity index (χ0n) is 10.2. The highest BCUT2D eigenvalue weighted by Gasteiger charge is 2.15. The minimum Gasteiger partial charge on any atom is -0.356 e. The van der Waals surface area contributed by atoms with Crippen molar-refractivity contribution in [1.82, 2.24) is 15.0 Å². The number of amides is 1. The molecule has 1 heterocycles. The second-order valence-corrected chi connectivity index (χ2v) is 5.79. The number of rotatable bonds is 6. The number of sulfonamides is 1. The van der Waals surface area contributed by atoms with Gasteiger partial charge in [-0.15, -0.1) is 0 Å². The summed E-state index contributed by atoms with van der Waals surface area (Å²) in [5, 5.41) is 2.33. The van der Waals surface area contributed by atoms with Gasteiger partial charge in [0.05, 0.1) is 4.90 Å². The Hall–Kier alpha value is -1.38. The van der Waals surface area contributed by atoms with Crippen LogP contribution in [0.5, 0.6) is 0 Å². The lowest BCUT2D eigenvalue weighted by Gasteiger charge is -2.06. The summed E-state index contributed by atoms with van der Waals surface area (Å²) in [6.45, 7) is 2.22. The molecule has 1 amide bonds. The number of nitrogens with one attached hydrogen (secondary N) is 3. The van der Waals surface area contributed by atoms with Gasteiger partial charge < -0.3 is 10.3 Å². The van der Waals surface area contributed by atoms with E-state index in [9.17, 15) is 18.0 Å². The van der Waals surface area contributed by atoms with Crippen LogP contribution in [0.1, 0.15) is 13.3 Å². The summed E-state index contributed by atoms with van der Waals surface area (Å²) in [4.78, 5) is 24.2. The molecule has 0 unspecified atom stereocenters. The first-order valence-corrected chi connectivity index (χ1v) is 7.37. The molecular formula is C10H14ClN3O4S. The van der Waals surface area contributed by atoms with E-state index in [0.717, 1.165) is 12.3 Å². The number of aromatic amines is 1. The van der Waals surface area contributed by atoms with Crippen LogP contribution < -0.4 is 15.6 Å². The van der Waals surface area contributed by atoms with Crippen molar-refractivity contribution in [1.29, 1.82) is 0 Å². The van der Waals surface area contributed by atoms with Gasteiger partial charge in [-0.3, -0.25) is 9.59 Å². The van der Waals surface area contributed by atoms with E-state index in [1.54, 1.807) is 6.92 Å². The number of hydrogen-bond donors (Lipinski definition) is 3. The molecule has 9 heteroatoms. The first-order valence-electron chi connectivity index (χ1n) is 5.51. The van der Waals surface area contributed by atoms with Gasteiger partial charge in [0.1, 0.15) is 5.02 Å². The van der Waals surface area contributed by atoms with Gasteiger partial charge in [-0.1, -0.05) is 11.6 Å². The zero-order chi connectivity index (χ0) is 14.5. The van der Waals surface area contributed by atoms with Crippen molar-refractivity contribution < 1.29 is 13.2 Å². The molecule has 0 aromatic carbocycles. The van der Waals surface area contributed by atoms with Gasteiger partial charge in [-0.2, -0.15) is 0 Å². The number of carbonyl (C=O) groups is 1. The highest BCUT2D eigenvalue weighted by atomic mass is 35.5. The molecule has 19 heavy (non-hydrogen) atoms. The van der Waals surface area contributed by atoms with Crippen LogP contribution >= 0.6 is 11.6 Å². The summed E-state index contributed by atoms with van der Waals surface area (Å²) in [5.41, 5.74) is -0.567. The highest BCUT2D eigenvalue weighted by molar-refractivity contribution is 7.89. The van der Waals surface area contributed by atoms with Gasteiger partial charge in [0, 0.05) is 25.7 Å². The standard InChI is InChI=1S/C10H14ClN3O4S/c1-2-12-9(15)3-4-14-19(17,18)7-5-8(11)10(16)13-6-7/h5-6,14H,2-4H2,1H3,(H,12,15)(H,13,16). The Bertz CT molecular complexity index is 611. The molecule has 0 aliphatic carbocycles. The topological polar surface area (TPSA) is 108 Å². The van der Waals surface area contributed by atoms with E-state index in [2.05, 4.69) is 15.0 Å². The maximum atomic E-state index is 11.8. The Morgan fingerprint density at radius 3 is 2.74 bits per heavy atom. The summed E-state index contributed by atoms with van der Waals surface area (Å²) < 4.78 is 25.9. The van der Waals surface area contributed by atoms with Crippen LogP contribution in [0.25, 0.3) is 0 Å². The number of pyridine rings is 1. The molecule has 0 aliphatic rings. The number of hydrogen-bond acceptors (Lipinski definition) is 4. The first kappa shape index (κ1) is 15.7. The van der Waals surface area contributed by atoms with E-state index in [-0.39, 0.29) is 28.8 Å². The van der Waals surface area contributed by atoms with E-state index >= 15 is 0 Å². The van der Waals surface area contributed by atoms with Gasteiger partial charge in [-0.05, 0) is 13.0 Å². The third kappa shape index (κ3) is 4.66. The quantitative estimate of drug-likeness (QED) is 0.678. The maximum Gasteiger partial charge on any atom is 0.266 e. The lowest BCUT2D eigenvalue weighted by molar-refractivity contribution is -0.120. The van der Waals surface area contributed by atoms with E-state index in [4.69, 9.17) is 11.6 Å². The molecular weight excluding hydrogens is 294 g/mol. The van der Waals surface area contributed by atoms with Crippen LogP contribution in [-0.2, 0) is 14.8 Å². The fourth-order valence-corrected chi connectivity index (χ4v) is 2.52. The van der Waals surface area contributed by atoms with Crippen molar-refractivity contribution in [3.8, 4) is 0 Å². The number of H-pyrrole nitrogens is 1. The second-order valence-electron chi connectivity index (χ2n) is 3.61. The molecule has 0 saturated carbocycles. The van der Waals surface area contributed by atoms with E-state index in [1.165, 1.54) is 0 Å². The summed E-state index contributed by atoms with van der Waals surface area (Å²) in [7, 11) is -3.79. The molecule has 0 saturated heterocycles. The van der Waals surface area contributed by atoms with Crippen molar-refractivity contribution in [2.75, 3.05) is 13.1 Å². The molecule has 0 aliphatic heterocycles. The first-order chi connectivity index (χ1) is 8.86. The molecule has 1 rings (SSSR count). The number of carbonyl (C=O) groups excluding carboxylic acids is 1. The molecule has 0 bridgehead atoms. The average Bonchev–Trinajstić information content (AvgIpc) is 2.32. The predicted molar refractivity (Wildman–Crippen MR) is 70.6 cm³/mol. The van der Waals surface area contributed by atoms with Gasteiger partial charge >= 0.3 is 0 Å². The maximum absolute atomic E-state index is 11.8. The Kier molecular flexibility index (Phi) is 5.52. The van der Waals surface area contributed by atoms with Crippen molar-refractivity contribution in [3.63, 3.8) is 0 Å². The Morgan fingerprint density at radius 1 is 1.47 bits per heavy atom. The van der Waals surface area contributed by atoms with E-state index < -0.39 is 15.6 Å². The molecule has 0 radical (unpaired) electrons.